The summed E-state index contributed by atoms with van der Waals surface area (Å²) >= 11 is 0. The minimum absolute atomic E-state index is 0.0234. The molecule has 2 saturated heterocycles. The standard InChI is InChI=1S/C40H47F3N4O5S/c1-5-53(49,50)38-34(52-26(2)3)15-14-32-35(39(48)44-27(4)28-10-7-6-8-11-28)33(25-46-18-16-31(17-19-46)47-20-22-51-23-21-47)36(45-37(32)38)29-12-9-13-30(24-29)40(41,42)43/h6-15,24,26-27,31H,5,16-23,25H2,1-4H3,(H,44,48)/t27-/m0/s1. The van der Waals surface area contributed by atoms with Gasteiger partial charge in [-0.05, 0) is 76.5 Å². The van der Waals surface area contributed by atoms with Crippen LogP contribution in [0.4, 0.5) is 13.2 Å². The van der Waals surface area contributed by atoms with Gasteiger partial charge in [-0.1, -0.05) is 49.4 Å². The van der Waals surface area contributed by atoms with E-state index in [-0.39, 0.29) is 50.7 Å². The quantitative estimate of drug-likeness (QED) is 0.171. The van der Waals surface area contributed by atoms with Gasteiger partial charge in [-0.15, -0.1) is 0 Å². The van der Waals surface area contributed by atoms with E-state index in [4.69, 9.17) is 14.5 Å². The van der Waals surface area contributed by atoms with Gasteiger partial charge >= 0.3 is 6.18 Å². The van der Waals surface area contributed by atoms with E-state index in [0.717, 1.165) is 43.6 Å². The highest BCUT2D eigenvalue weighted by atomic mass is 32.2. The van der Waals surface area contributed by atoms with Gasteiger partial charge in [0.15, 0.2) is 9.84 Å². The number of benzene rings is 3. The van der Waals surface area contributed by atoms with Gasteiger partial charge in [-0.3, -0.25) is 14.6 Å². The molecule has 13 heteroatoms. The fourth-order valence-corrected chi connectivity index (χ4v) is 8.48. The second-order valence-corrected chi connectivity index (χ2v) is 16.2. The Hall–Kier alpha value is -4.04. The second kappa shape index (κ2) is 16.1. The summed E-state index contributed by atoms with van der Waals surface area (Å²) in [5, 5.41) is 3.38. The normalized spacial score (nSPS) is 17.3. The minimum atomic E-state index is -4.64. The number of halogens is 3. The number of likely N-dealkylation sites (tertiary alicyclic amines) is 1. The minimum Gasteiger partial charge on any atom is -0.490 e. The number of pyridine rings is 1. The van der Waals surface area contributed by atoms with E-state index < -0.39 is 39.6 Å². The summed E-state index contributed by atoms with van der Waals surface area (Å²) in [5.41, 5.74) is 0.790. The summed E-state index contributed by atoms with van der Waals surface area (Å²) in [6.45, 7) is 11.6. The summed E-state index contributed by atoms with van der Waals surface area (Å²) in [7, 11) is -4.02. The molecule has 3 heterocycles. The fourth-order valence-electron chi connectivity index (χ4n) is 7.31. The van der Waals surface area contributed by atoms with Crippen molar-refractivity contribution in [1.29, 1.82) is 0 Å². The van der Waals surface area contributed by atoms with Crippen LogP contribution in [-0.4, -0.2) is 86.4 Å². The first-order valence-electron chi connectivity index (χ1n) is 18.2. The lowest BCUT2D eigenvalue weighted by molar-refractivity contribution is -0.137. The molecule has 2 fully saturated rings. The van der Waals surface area contributed by atoms with Crippen molar-refractivity contribution in [2.45, 2.75) is 76.3 Å². The van der Waals surface area contributed by atoms with Gasteiger partial charge in [-0.2, -0.15) is 13.2 Å². The molecule has 0 radical (unpaired) electrons. The molecular formula is C40H47F3N4O5S. The van der Waals surface area contributed by atoms with E-state index >= 15 is 0 Å². The molecule has 3 aromatic carbocycles. The number of fused-ring (bicyclic) bond motifs is 1. The summed E-state index contributed by atoms with van der Waals surface area (Å²) in [5.74, 6) is -0.704. The van der Waals surface area contributed by atoms with Gasteiger partial charge in [0.1, 0.15) is 10.6 Å². The lowest BCUT2D eigenvalue weighted by Gasteiger charge is -2.40. The molecule has 1 N–H and O–H groups in total. The van der Waals surface area contributed by atoms with E-state index in [1.807, 2.05) is 37.3 Å². The van der Waals surface area contributed by atoms with Crippen molar-refractivity contribution in [3.63, 3.8) is 0 Å². The number of hydrogen-bond acceptors (Lipinski definition) is 8. The Balaban J connectivity index is 1.57. The number of alkyl halides is 3. The highest BCUT2D eigenvalue weighted by molar-refractivity contribution is 7.91. The number of morpholine rings is 1. The molecule has 0 unspecified atom stereocenters. The number of nitrogens with one attached hydrogen (secondary N) is 1. The Kier molecular flexibility index (Phi) is 11.8. The molecule has 2 aliphatic rings. The number of carbonyl (C=O) groups excluding carboxylic acids is 1. The molecule has 284 valence electrons. The van der Waals surface area contributed by atoms with Crippen LogP contribution in [0.3, 0.4) is 0 Å². The predicted molar refractivity (Wildman–Crippen MR) is 199 cm³/mol. The summed E-state index contributed by atoms with van der Waals surface area (Å²) in [6.07, 6.45) is -3.28. The maximum Gasteiger partial charge on any atom is 0.416 e. The van der Waals surface area contributed by atoms with Crippen LogP contribution in [0.5, 0.6) is 5.75 Å². The summed E-state index contributed by atoms with van der Waals surface area (Å²) in [4.78, 5) is 24.1. The lowest BCUT2D eigenvalue weighted by atomic mass is 9.93. The zero-order chi connectivity index (χ0) is 37.9. The van der Waals surface area contributed by atoms with Crippen LogP contribution in [0.1, 0.15) is 73.6 Å². The average Bonchev–Trinajstić information content (AvgIpc) is 3.14. The highest BCUT2D eigenvalue weighted by Gasteiger charge is 2.34. The molecule has 9 nitrogen and oxygen atoms in total. The first-order chi connectivity index (χ1) is 25.3. The van der Waals surface area contributed by atoms with E-state index in [9.17, 15) is 26.4 Å². The van der Waals surface area contributed by atoms with E-state index in [1.165, 1.54) is 19.1 Å². The van der Waals surface area contributed by atoms with Crippen LogP contribution in [0.15, 0.2) is 71.6 Å². The third kappa shape index (κ3) is 8.69. The van der Waals surface area contributed by atoms with Crippen molar-refractivity contribution in [3.8, 4) is 17.0 Å². The van der Waals surface area contributed by atoms with Gasteiger partial charge in [0.05, 0.1) is 53.4 Å². The number of hydrogen-bond donors (Lipinski definition) is 1. The molecular weight excluding hydrogens is 706 g/mol. The smallest absolute Gasteiger partial charge is 0.416 e. The zero-order valence-electron chi connectivity index (χ0n) is 30.6. The topological polar surface area (TPSA) is 101 Å². The Morgan fingerprint density at radius 2 is 1.68 bits per heavy atom. The Labute approximate surface area is 309 Å². The first-order valence-corrected chi connectivity index (χ1v) is 19.9. The molecule has 1 amide bonds. The summed E-state index contributed by atoms with van der Waals surface area (Å²) < 4.78 is 81.7. The van der Waals surface area contributed by atoms with Crippen LogP contribution in [-0.2, 0) is 27.3 Å². The van der Waals surface area contributed by atoms with Crippen molar-refractivity contribution in [2.24, 2.45) is 0 Å². The zero-order valence-corrected chi connectivity index (χ0v) is 31.4. The molecule has 0 bridgehead atoms. The van der Waals surface area contributed by atoms with Crippen LogP contribution in [0, 0.1) is 0 Å². The van der Waals surface area contributed by atoms with Crippen molar-refractivity contribution >= 4 is 26.6 Å². The molecule has 0 spiro atoms. The van der Waals surface area contributed by atoms with Crippen LogP contribution < -0.4 is 10.1 Å². The van der Waals surface area contributed by atoms with E-state index in [2.05, 4.69) is 15.1 Å². The number of piperidine rings is 1. The van der Waals surface area contributed by atoms with Gasteiger partial charge < -0.3 is 14.8 Å². The molecule has 1 aromatic heterocycles. The van der Waals surface area contributed by atoms with Crippen LogP contribution >= 0.6 is 0 Å². The molecule has 2 aliphatic heterocycles. The van der Waals surface area contributed by atoms with Crippen LogP contribution in [0.25, 0.3) is 22.2 Å². The number of ether oxygens (including phenoxy) is 2. The van der Waals surface area contributed by atoms with E-state index in [1.54, 1.807) is 26.0 Å². The largest absolute Gasteiger partial charge is 0.490 e. The number of aromatic nitrogens is 1. The molecule has 0 aliphatic carbocycles. The van der Waals surface area contributed by atoms with Gasteiger partial charge in [0, 0.05) is 42.2 Å². The average molecular weight is 753 g/mol. The third-order valence-corrected chi connectivity index (χ3v) is 11.8. The molecule has 0 saturated carbocycles. The van der Waals surface area contributed by atoms with Gasteiger partial charge in [0.2, 0.25) is 0 Å². The second-order valence-electron chi connectivity index (χ2n) is 14.0. The number of nitrogens with zero attached hydrogens (tertiary/aromatic N) is 3. The van der Waals surface area contributed by atoms with Crippen molar-refractivity contribution in [3.05, 3.63) is 89.0 Å². The number of sulfone groups is 1. The maximum atomic E-state index is 14.7. The number of carbonyl (C=O) groups is 1. The predicted octanol–water partition coefficient (Wildman–Crippen LogP) is 7.29. The highest BCUT2D eigenvalue weighted by Crippen LogP contribution is 2.40. The molecule has 53 heavy (non-hydrogen) atoms. The Morgan fingerprint density at radius 3 is 2.32 bits per heavy atom. The first kappa shape index (κ1) is 38.7. The number of amides is 1. The van der Waals surface area contributed by atoms with Crippen molar-refractivity contribution in [2.75, 3.05) is 45.1 Å². The SMILES string of the molecule is CCS(=O)(=O)c1c(OC(C)C)ccc2c(C(=O)N[C@@H](C)c3ccccc3)c(CN3CCC(N4CCOCC4)CC3)c(-c3cccc(C(F)(F)F)c3)nc12. The van der Waals surface area contributed by atoms with Crippen LogP contribution in [0.2, 0.25) is 0 Å². The van der Waals surface area contributed by atoms with Crippen molar-refractivity contribution in [1.82, 2.24) is 20.1 Å². The monoisotopic (exact) mass is 752 g/mol. The van der Waals surface area contributed by atoms with E-state index in [0.29, 0.717) is 37.9 Å². The maximum absolute atomic E-state index is 14.7. The fraction of sp³-hybridized carbons (Fsp3) is 0.450. The molecule has 1 atom stereocenters. The van der Waals surface area contributed by atoms with Crippen molar-refractivity contribution < 1.29 is 35.9 Å². The van der Waals surface area contributed by atoms with Gasteiger partial charge in [-0.25, -0.2) is 13.4 Å². The Bertz CT molecular complexity index is 2030. The van der Waals surface area contributed by atoms with Gasteiger partial charge in [0.25, 0.3) is 5.91 Å². The molecule has 4 aromatic rings. The Morgan fingerprint density at radius 1 is 0.981 bits per heavy atom. The molecule has 6 rings (SSSR count). The third-order valence-electron chi connectivity index (χ3n) is 10.1. The lowest BCUT2D eigenvalue weighted by Crippen LogP contribution is -2.48. The summed E-state index contributed by atoms with van der Waals surface area (Å²) in [6, 6.07) is 17.4. The number of rotatable bonds is 11.